The van der Waals surface area contributed by atoms with Crippen LogP contribution in [-0.4, -0.2) is 13.0 Å². The van der Waals surface area contributed by atoms with Gasteiger partial charge in [0.25, 0.3) is 5.91 Å². The molecule has 0 saturated carbocycles. The van der Waals surface area contributed by atoms with Gasteiger partial charge < -0.3 is 10.1 Å². The van der Waals surface area contributed by atoms with Crippen LogP contribution in [0.15, 0.2) is 54.1 Å². The van der Waals surface area contributed by atoms with Crippen LogP contribution in [0.2, 0.25) is 5.02 Å². The van der Waals surface area contributed by atoms with Crippen molar-refractivity contribution in [3.05, 3.63) is 64.7 Å². The Morgan fingerprint density at radius 3 is 2.36 bits per heavy atom. The van der Waals surface area contributed by atoms with Crippen LogP contribution < -0.4 is 10.1 Å². The highest BCUT2D eigenvalue weighted by Crippen LogP contribution is 2.17. The summed E-state index contributed by atoms with van der Waals surface area (Å²) < 4.78 is 5.04. The normalized spacial score (nSPS) is 10.7. The first-order chi connectivity index (χ1) is 10.6. The molecule has 2 aromatic rings. The molecule has 1 amide bonds. The highest BCUT2D eigenvalue weighted by Gasteiger charge is 2.09. The van der Waals surface area contributed by atoms with E-state index < -0.39 is 5.91 Å². The number of halogens is 1. The van der Waals surface area contributed by atoms with E-state index in [4.69, 9.17) is 21.6 Å². The highest BCUT2D eigenvalue weighted by molar-refractivity contribution is 6.30. The minimum absolute atomic E-state index is 0.0122. The molecule has 1 N–H and O–H groups in total. The number of hydrogen-bond acceptors (Lipinski definition) is 3. The summed E-state index contributed by atoms with van der Waals surface area (Å²) in [6, 6.07) is 15.6. The Morgan fingerprint density at radius 1 is 1.18 bits per heavy atom. The Bertz CT molecular complexity index is 729. The van der Waals surface area contributed by atoms with Gasteiger partial charge in [-0.2, -0.15) is 5.26 Å². The topological polar surface area (TPSA) is 62.1 Å². The number of amides is 1. The molecule has 0 bridgehead atoms. The molecule has 0 fully saturated rings. The third kappa shape index (κ3) is 4.11. The van der Waals surface area contributed by atoms with Crippen molar-refractivity contribution in [3.8, 4) is 11.8 Å². The van der Waals surface area contributed by atoms with Gasteiger partial charge in [-0.05, 0) is 48.0 Å². The Morgan fingerprint density at radius 2 is 1.82 bits per heavy atom. The molecule has 0 heterocycles. The van der Waals surface area contributed by atoms with Crippen molar-refractivity contribution in [1.82, 2.24) is 0 Å². The molecule has 0 atom stereocenters. The van der Waals surface area contributed by atoms with Crippen LogP contribution in [0.3, 0.4) is 0 Å². The third-order valence-corrected chi connectivity index (χ3v) is 3.15. The molecule has 22 heavy (non-hydrogen) atoms. The lowest BCUT2D eigenvalue weighted by Gasteiger charge is -2.05. The van der Waals surface area contributed by atoms with Gasteiger partial charge >= 0.3 is 0 Å². The number of nitrogens with one attached hydrogen (secondary N) is 1. The van der Waals surface area contributed by atoms with Crippen LogP contribution in [0.4, 0.5) is 5.69 Å². The highest BCUT2D eigenvalue weighted by atomic mass is 35.5. The van der Waals surface area contributed by atoms with Gasteiger partial charge in [-0.3, -0.25) is 4.79 Å². The molecular weight excluding hydrogens is 300 g/mol. The molecular formula is C17H13ClN2O2. The number of rotatable bonds is 4. The van der Waals surface area contributed by atoms with E-state index in [1.807, 2.05) is 6.07 Å². The number of nitrogens with zero attached hydrogens (tertiary/aromatic N) is 1. The summed E-state index contributed by atoms with van der Waals surface area (Å²) in [6.45, 7) is 0. The number of methoxy groups -OCH3 is 1. The van der Waals surface area contributed by atoms with E-state index in [-0.39, 0.29) is 5.57 Å². The van der Waals surface area contributed by atoms with Crippen LogP contribution in [0.5, 0.6) is 5.75 Å². The van der Waals surface area contributed by atoms with E-state index in [1.165, 1.54) is 6.08 Å². The minimum atomic E-state index is -0.470. The van der Waals surface area contributed by atoms with E-state index >= 15 is 0 Å². The van der Waals surface area contributed by atoms with Gasteiger partial charge in [0.05, 0.1) is 7.11 Å². The average molecular weight is 313 g/mol. The first-order valence-electron chi connectivity index (χ1n) is 6.45. The van der Waals surface area contributed by atoms with Gasteiger partial charge in [-0.25, -0.2) is 0 Å². The van der Waals surface area contributed by atoms with Gasteiger partial charge in [0.15, 0.2) is 0 Å². The second kappa shape index (κ2) is 7.30. The van der Waals surface area contributed by atoms with Crippen molar-refractivity contribution in [2.45, 2.75) is 0 Å². The molecule has 0 aliphatic carbocycles. The quantitative estimate of drug-likeness (QED) is 0.688. The number of hydrogen-bond donors (Lipinski definition) is 1. The van der Waals surface area contributed by atoms with Crippen LogP contribution >= 0.6 is 11.6 Å². The first-order valence-corrected chi connectivity index (χ1v) is 6.83. The zero-order valence-corrected chi connectivity index (χ0v) is 12.6. The van der Waals surface area contributed by atoms with Crippen molar-refractivity contribution in [2.75, 3.05) is 12.4 Å². The van der Waals surface area contributed by atoms with Crippen molar-refractivity contribution < 1.29 is 9.53 Å². The van der Waals surface area contributed by atoms with Gasteiger partial charge in [0, 0.05) is 10.7 Å². The largest absolute Gasteiger partial charge is 0.497 e. The number of carbonyl (C=O) groups excluding carboxylic acids is 1. The lowest BCUT2D eigenvalue weighted by molar-refractivity contribution is -0.112. The summed E-state index contributed by atoms with van der Waals surface area (Å²) in [6.07, 6.45) is 1.51. The lowest BCUT2D eigenvalue weighted by atomic mass is 10.1. The van der Waals surface area contributed by atoms with Crippen LogP contribution in [0.25, 0.3) is 6.08 Å². The molecule has 2 rings (SSSR count). The maximum Gasteiger partial charge on any atom is 0.266 e. The Balaban J connectivity index is 2.14. The van der Waals surface area contributed by atoms with E-state index in [0.29, 0.717) is 16.5 Å². The molecule has 0 aromatic heterocycles. The maximum atomic E-state index is 12.1. The monoisotopic (exact) mass is 312 g/mol. The number of ether oxygens (including phenoxy) is 1. The van der Waals surface area contributed by atoms with Gasteiger partial charge in [0.1, 0.15) is 17.4 Å². The fourth-order valence-corrected chi connectivity index (χ4v) is 1.87. The molecule has 0 aliphatic heterocycles. The predicted molar refractivity (Wildman–Crippen MR) is 86.7 cm³/mol. The summed E-state index contributed by atoms with van der Waals surface area (Å²) in [5.41, 5.74) is 1.33. The van der Waals surface area contributed by atoms with Crippen molar-refractivity contribution in [2.24, 2.45) is 0 Å². The molecule has 4 nitrogen and oxygen atoms in total. The summed E-state index contributed by atoms with van der Waals surface area (Å²) in [7, 11) is 1.57. The summed E-state index contributed by atoms with van der Waals surface area (Å²) >= 11 is 5.80. The summed E-state index contributed by atoms with van der Waals surface area (Å²) in [5, 5.41) is 12.4. The van der Waals surface area contributed by atoms with E-state index in [1.54, 1.807) is 55.6 Å². The van der Waals surface area contributed by atoms with Crippen LogP contribution in [-0.2, 0) is 4.79 Å². The molecule has 0 spiro atoms. The molecule has 110 valence electrons. The van der Waals surface area contributed by atoms with Gasteiger partial charge in [-0.15, -0.1) is 0 Å². The van der Waals surface area contributed by atoms with Gasteiger partial charge in [-0.1, -0.05) is 23.7 Å². The molecule has 0 unspecified atom stereocenters. The van der Waals surface area contributed by atoms with Crippen LogP contribution in [0.1, 0.15) is 5.56 Å². The number of benzene rings is 2. The SMILES string of the molecule is COc1ccc(NC(=O)/C(C#N)=C/c2ccc(Cl)cc2)cc1. The van der Waals surface area contributed by atoms with Crippen LogP contribution in [0, 0.1) is 11.3 Å². The lowest BCUT2D eigenvalue weighted by Crippen LogP contribution is -2.13. The minimum Gasteiger partial charge on any atom is -0.497 e. The second-order valence-corrected chi connectivity index (χ2v) is 4.84. The number of carbonyl (C=O) groups is 1. The fraction of sp³-hybridized carbons (Fsp3) is 0.0588. The third-order valence-electron chi connectivity index (χ3n) is 2.89. The summed E-state index contributed by atoms with van der Waals surface area (Å²) in [5.74, 6) is 0.220. The van der Waals surface area contributed by atoms with Crippen molar-refractivity contribution >= 4 is 29.3 Å². The van der Waals surface area contributed by atoms with Gasteiger partial charge in [0.2, 0.25) is 0 Å². The summed E-state index contributed by atoms with van der Waals surface area (Å²) in [4.78, 5) is 12.1. The number of nitriles is 1. The zero-order valence-electron chi connectivity index (χ0n) is 11.8. The zero-order chi connectivity index (χ0) is 15.9. The Labute approximate surface area is 133 Å². The average Bonchev–Trinajstić information content (AvgIpc) is 2.55. The standard InChI is InChI=1S/C17H13ClN2O2/c1-22-16-8-6-15(7-9-16)20-17(21)13(11-19)10-12-2-4-14(18)5-3-12/h2-10H,1H3,(H,20,21)/b13-10+. The predicted octanol–water partition coefficient (Wildman–Crippen LogP) is 3.89. The van der Waals surface area contributed by atoms with E-state index in [2.05, 4.69) is 5.32 Å². The number of anilines is 1. The molecule has 0 saturated heterocycles. The van der Waals surface area contributed by atoms with Crippen molar-refractivity contribution in [1.29, 1.82) is 5.26 Å². The first kappa shape index (κ1) is 15.6. The molecule has 5 heteroatoms. The van der Waals surface area contributed by atoms with E-state index in [9.17, 15) is 4.79 Å². The second-order valence-electron chi connectivity index (χ2n) is 4.40. The Kier molecular flexibility index (Phi) is 5.18. The fourth-order valence-electron chi connectivity index (χ4n) is 1.75. The molecule has 2 aromatic carbocycles. The molecule has 0 aliphatic rings. The smallest absolute Gasteiger partial charge is 0.266 e. The molecule has 0 radical (unpaired) electrons. The maximum absolute atomic E-state index is 12.1. The van der Waals surface area contributed by atoms with Crippen molar-refractivity contribution in [3.63, 3.8) is 0 Å². The van der Waals surface area contributed by atoms with E-state index in [0.717, 1.165) is 5.56 Å². The Hall–Kier alpha value is -2.77.